The number of aliphatic carboxylic acids is 1. The monoisotopic (exact) mass is 214 g/mol. The molecule has 0 aromatic rings. The van der Waals surface area contributed by atoms with Crippen molar-refractivity contribution in [1.29, 1.82) is 0 Å². The number of carboxylic acids is 1. The number of hydrogen-bond acceptors (Lipinski definition) is 3. The van der Waals surface area contributed by atoms with Crippen LogP contribution in [0.25, 0.3) is 0 Å². The zero-order chi connectivity index (χ0) is 11.3. The summed E-state index contributed by atoms with van der Waals surface area (Å²) in [6, 6.07) is 0. The van der Waals surface area contributed by atoms with Gasteiger partial charge in [-0.15, -0.1) is 0 Å². The van der Waals surface area contributed by atoms with Gasteiger partial charge in [0.25, 0.3) is 0 Å². The molecule has 1 fully saturated rings. The summed E-state index contributed by atoms with van der Waals surface area (Å²) in [5.74, 6) is -1.71. The van der Waals surface area contributed by atoms with Crippen LogP contribution >= 0.6 is 0 Å². The summed E-state index contributed by atoms with van der Waals surface area (Å²) in [4.78, 5) is 21.9. The van der Waals surface area contributed by atoms with Crippen LogP contribution in [0.3, 0.4) is 0 Å². The number of nitrogens with one attached hydrogen (secondary N) is 2. The second-order valence-corrected chi connectivity index (χ2v) is 3.79. The summed E-state index contributed by atoms with van der Waals surface area (Å²) in [6.45, 7) is 4.45. The van der Waals surface area contributed by atoms with Crippen molar-refractivity contribution in [3.05, 3.63) is 0 Å². The van der Waals surface area contributed by atoms with E-state index in [4.69, 9.17) is 5.11 Å². The molecule has 86 valence electrons. The lowest BCUT2D eigenvalue weighted by Crippen LogP contribution is -2.29. The van der Waals surface area contributed by atoms with Crippen molar-refractivity contribution < 1.29 is 14.7 Å². The molecule has 0 unspecified atom stereocenters. The van der Waals surface area contributed by atoms with Crippen molar-refractivity contribution in [2.75, 3.05) is 19.6 Å². The van der Waals surface area contributed by atoms with Crippen molar-refractivity contribution in [3.8, 4) is 0 Å². The zero-order valence-corrected chi connectivity index (χ0v) is 8.95. The Balaban J connectivity index is 2.03. The van der Waals surface area contributed by atoms with Crippen LogP contribution in [0.15, 0.2) is 0 Å². The van der Waals surface area contributed by atoms with E-state index >= 15 is 0 Å². The van der Waals surface area contributed by atoms with Gasteiger partial charge in [-0.05, 0) is 25.9 Å². The number of carbonyl (C=O) groups is 2. The lowest BCUT2D eigenvalue weighted by molar-refractivity contribution is -0.140. The molecule has 1 rings (SSSR count). The molecule has 0 bridgehead atoms. The molecule has 1 aliphatic carbocycles. The zero-order valence-electron chi connectivity index (χ0n) is 8.95. The fourth-order valence-electron chi connectivity index (χ4n) is 1.49. The summed E-state index contributed by atoms with van der Waals surface area (Å²) in [6.07, 6.45) is 1.37. The number of amides is 1. The van der Waals surface area contributed by atoms with E-state index in [1.807, 2.05) is 6.92 Å². The smallest absolute Gasteiger partial charge is 0.307 e. The highest BCUT2D eigenvalue weighted by Crippen LogP contribution is 2.38. The molecule has 0 heterocycles. The third kappa shape index (κ3) is 3.87. The van der Waals surface area contributed by atoms with Crippen molar-refractivity contribution in [2.45, 2.75) is 19.8 Å². The topological polar surface area (TPSA) is 78.4 Å². The molecule has 0 aromatic carbocycles. The van der Waals surface area contributed by atoms with Crippen LogP contribution in [0.4, 0.5) is 0 Å². The first kappa shape index (κ1) is 12.0. The molecular weight excluding hydrogens is 196 g/mol. The molecule has 1 saturated carbocycles. The predicted molar refractivity (Wildman–Crippen MR) is 55.4 cm³/mol. The van der Waals surface area contributed by atoms with E-state index in [-0.39, 0.29) is 11.8 Å². The SMILES string of the molecule is CCNCCCNC(=O)[C@@H]1C[C@@H]1C(=O)O. The Kier molecular flexibility index (Phi) is 4.55. The lowest BCUT2D eigenvalue weighted by Gasteiger charge is -2.04. The maximum Gasteiger partial charge on any atom is 0.307 e. The fourth-order valence-corrected chi connectivity index (χ4v) is 1.49. The molecule has 0 aromatic heterocycles. The standard InChI is InChI=1S/C10H18N2O3/c1-2-11-4-3-5-12-9(13)7-6-8(7)10(14)15/h7-8,11H,2-6H2,1H3,(H,12,13)(H,14,15)/t7-,8+/m1/s1. The number of carboxylic acid groups (broad SMARTS) is 1. The van der Waals surface area contributed by atoms with Crippen molar-refractivity contribution in [2.24, 2.45) is 11.8 Å². The van der Waals surface area contributed by atoms with E-state index in [2.05, 4.69) is 10.6 Å². The van der Waals surface area contributed by atoms with Gasteiger partial charge in [0.1, 0.15) is 0 Å². The summed E-state index contributed by atoms with van der Waals surface area (Å²) in [5, 5.41) is 14.5. The van der Waals surface area contributed by atoms with Gasteiger partial charge in [-0.25, -0.2) is 0 Å². The highest BCUT2D eigenvalue weighted by Gasteiger charge is 2.48. The quantitative estimate of drug-likeness (QED) is 0.514. The van der Waals surface area contributed by atoms with Gasteiger partial charge in [-0.3, -0.25) is 9.59 Å². The summed E-state index contributed by atoms with van der Waals surface area (Å²) in [5.41, 5.74) is 0. The fraction of sp³-hybridized carbons (Fsp3) is 0.800. The van der Waals surface area contributed by atoms with Crippen LogP contribution < -0.4 is 10.6 Å². The molecule has 5 heteroatoms. The minimum Gasteiger partial charge on any atom is -0.481 e. The van der Waals surface area contributed by atoms with Crippen molar-refractivity contribution in [3.63, 3.8) is 0 Å². The van der Waals surface area contributed by atoms with E-state index in [0.717, 1.165) is 19.5 Å². The van der Waals surface area contributed by atoms with Gasteiger partial charge in [0.05, 0.1) is 11.8 Å². The van der Waals surface area contributed by atoms with Crippen LogP contribution in [0.2, 0.25) is 0 Å². The Morgan fingerprint density at radius 3 is 2.60 bits per heavy atom. The number of carbonyl (C=O) groups excluding carboxylic acids is 1. The largest absolute Gasteiger partial charge is 0.481 e. The van der Waals surface area contributed by atoms with E-state index in [1.165, 1.54) is 0 Å². The van der Waals surface area contributed by atoms with E-state index < -0.39 is 11.9 Å². The third-order valence-electron chi connectivity index (χ3n) is 2.52. The van der Waals surface area contributed by atoms with Gasteiger partial charge in [-0.1, -0.05) is 6.92 Å². The predicted octanol–water partition coefficient (Wildman–Crippen LogP) is -0.177. The molecule has 0 spiro atoms. The highest BCUT2D eigenvalue weighted by molar-refractivity contribution is 5.89. The average molecular weight is 214 g/mol. The Hall–Kier alpha value is -1.10. The molecule has 15 heavy (non-hydrogen) atoms. The average Bonchev–Trinajstić information content (AvgIpc) is 2.96. The van der Waals surface area contributed by atoms with Crippen LogP contribution in [-0.4, -0.2) is 36.6 Å². The van der Waals surface area contributed by atoms with Gasteiger partial charge in [0.15, 0.2) is 0 Å². The normalized spacial score (nSPS) is 23.5. The molecule has 5 nitrogen and oxygen atoms in total. The maximum absolute atomic E-state index is 11.4. The van der Waals surface area contributed by atoms with E-state index in [0.29, 0.717) is 13.0 Å². The highest BCUT2D eigenvalue weighted by atomic mass is 16.4. The van der Waals surface area contributed by atoms with Crippen LogP contribution in [0, 0.1) is 11.8 Å². The maximum atomic E-state index is 11.4. The van der Waals surface area contributed by atoms with Crippen LogP contribution in [0.5, 0.6) is 0 Å². The summed E-state index contributed by atoms with van der Waals surface area (Å²) >= 11 is 0. The van der Waals surface area contributed by atoms with E-state index in [1.54, 1.807) is 0 Å². The Bertz CT molecular complexity index is 243. The van der Waals surface area contributed by atoms with Gasteiger partial charge in [0, 0.05) is 6.54 Å². The number of rotatable bonds is 7. The molecule has 1 amide bonds. The minimum atomic E-state index is -0.859. The molecule has 0 radical (unpaired) electrons. The van der Waals surface area contributed by atoms with Gasteiger partial charge >= 0.3 is 5.97 Å². The van der Waals surface area contributed by atoms with Gasteiger partial charge in [-0.2, -0.15) is 0 Å². The Labute approximate surface area is 89.2 Å². The number of hydrogen-bond donors (Lipinski definition) is 3. The molecule has 0 aliphatic heterocycles. The first-order valence-electron chi connectivity index (χ1n) is 5.38. The summed E-state index contributed by atoms with van der Waals surface area (Å²) < 4.78 is 0. The molecule has 3 N–H and O–H groups in total. The van der Waals surface area contributed by atoms with Crippen LogP contribution in [-0.2, 0) is 9.59 Å². The second-order valence-electron chi connectivity index (χ2n) is 3.79. The molecule has 2 atom stereocenters. The summed E-state index contributed by atoms with van der Waals surface area (Å²) in [7, 11) is 0. The Morgan fingerprint density at radius 1 is 1.33 bits per heavy atom. The second kappa shape index (κ2) is 5.70. The first-order chi connectivity index (χ1) is 7.16. The van der Waals surface area contributed by atoms with Gasteiger partial charge in [0.2, 0.25) is 5.91 Å². The first-order valence-corrected chi connectivity index (χ1v) is 5.38. The third-order valence-corrected chi connectivity index (χ3v) is 2.52. The van der Waals surface area contributed by atoms with Gasteiger partial charge < -0.3 is 15.7 Å². The molecule has 0 saturated heterocycles. The van der Waals surface area contributed by atoms with Crippen LogP contribution in [0.1, 0.15) is 19.8 Å². The van der Waals surface area contributed by atoms with E-state index in [9.17, 15) is 9.59 Å². The Morgan fingerprint density at radius 2 is 2.07 bits per heavy atom. The minimum absolute atomic E-state index is 0.112. The molecular formula is C10H18N2O3. The lowest BCUT2D eigenvalue weighted by atomic mass is 10.3. The van der Waals surface area contributed by atoms with Crippen molar-refractivity contribution >= 4 is 11.9 Å². The molecule has 1 aliphatic rings. The van der Waals surface area contributed by atoms with Crippen molar-refractivity contribution in [1.82, 2.24) is 10.6 Å².